The molecule has 120 valence electrons. The lowest BCUT2D eigenvalue weighted by Gasteiger charge is -2.20. The topological polar surface area (TPSA) is 62.7 Å². The number of rotatable bonds is 8. The third kappa shape index (κ3) is 5.92. The standard InChI is InChI=1S/C18H20N2O3/c21-13-12-20(11-5-8-16-6-2-1-3-7-16)18(22)15-23-17-9-4-10-19-14-17/h1-10,14,21H,11-13,15H2/b8-5+. The van der Waals surface area contributed by atoms with Crippen LogP contribution in [0.2, 0.25) is 0 Å². The van der Waals surface area contributed by atoms with E-state index < -0.39 is 0 Å². The summed E-state index contributed by atoms with van der Waals surface area (Å²) in [7, 11) is 0. The summed E-state index contributed by atoms with van der Waals surface area (Å²) in [5.41, 5.74) is 1.07. The molecule has 0 spiro atoms. The summed E-state index contributed by atoms with van der Waals surface area (Å²) in [5, 5.41) is 9.12. The minimum Gasteiger partial charge on any atom is -0.482 e. The van der Waals surface area contributed by atoms with E-state index in [1.54, 1.807) is 29.4 Å². The van der Waals surface area contributed by atoms with Gasteiger partial charge in [-0.1, -0.05) is 42.5 Å². The molecule has 0 saturated carbocycles. The van der Waals surface area contributed by atoms with E-state index in [9.17, 15) is 4.79 Å². The number of aliphatic hydroxyl groups excluding tert-OH is 1. The lowest BCUT2D eigenvalue weighted by molar-refractivity contribution is -0.133. The van der Waals surface area contributed by atoms with Crippen LogP contribution in [0.5, 0.6) is 5.75 Å². The van der Waals surface area contributed by atoms with Gasteiger partial charge < -0.3 is 14.7 Å². The number of hydrogen-bond donors (Lipinski definition) is 1. The molecule has 0 radical (unpaired) electrons. The van der Waals surface area contributed by atoms with Crippen LogP contribution in [-0.2, 0) is 4.79 Å². The van der Waals surface area contributed by atoms with Crippen LogP contribution in [0.1, 0.15) is 5.56 Å². The fraction of sp³-hybridized carbons (Fsp3) is 0.222. The van der Waals surface area contributed by atoms with Crippen LogP contribution in [-0.4, -0.2) is 47.2 Å². The Hall–Kier alpha value is -2.66. The number of aliphatic hydroxyl groups is 1. The molecule has 1 amide bonds. The first kappa shape index (κ1) is 16.7. The van der Waals surface area contributed by atoms with Crippen LogP contribution in [0.3, 0.4) is 0 Å². The van der Waals surface area contributed by atoms with Gasteiger partial charge in [0, 0.05) is 19.3 Å². The molecule has 0 unspecified atom stereocenters. The first-order chi connectivity index (χ1) is 11.3. The van der Waals surface area contributed by atoms with Crippen LogP contribution < -0.4 is 4.74 Å². The van der Waals surface area contributed by atoms with E-state index in [1.807, 2.05) is 42.5 Å². The summed E-state index contributed by atoms with van der Waals surface area (Å²) < 4.78 is 5.40. The zero-order valence-electron chi connectivity index (χ0n) is 12.8. The van der Waals surface area contributed by atoms with Crippen molar-refractivity contribution in [2.45, 2.75) is 0 Å². The second-order valence-corrected chi connectivity index (χ2v) is 4.85. The Kier molecular flexibility index (Phi) is 6.81. The Morgan fingerprint density at radius 2 is 2.04 bits per heavy atom. The second-order valence-electron chi connectivity index (χ2n) is 4.85. The van der Waals surface area contributed by atoms with Crippen molar-refractivity contribution in [3.8, 4) is 5.75 Å². The minimum absolute atomic E-state index is 0.0785. The van der Waals surface area contributed by atoms with Gasteiger partial charge in [0.25, 0.3) is 5.91 Å². The Morgan fingerprint density at radius 1 is 1.22 bits per heavy atom. The number of nitrogens with zero attached hydrogens (tertiary/aromatic N) is 2. The maximum Gasteiger partial charge on any atom is 0.260 e. The van der Waals surface area contributed by atoms with Gasteiger partial charge >= 0.3 is 0 Å². The van der Waals surface area contributed by atoms with E-state index in [0.717, 1.165) is 5.56 Å². The van der Waals surface area contributed by atoms with Crippen molar-refractivity contribution in [2.24, 2.45) is 0 Å². The molecule has 0 saturated heterocycles. The van der Waals surface area contributed by atoms with Crippen molar-refractivity contribution in [1.82, 2.24) is 9.88 Å². The predicted molar refractivity (Wildman–Crippen MR) is 88.9 cm³/mol. The highest BCUT2D eigenvalue weighted by atomic mass is 16.5. The lowest BCUT2D eigenvalue weighted by Crippen LogP contribution is -2.37. The molecule has 0 atom stereocenters. The SMILES string of the molecule is O=C(COc1cccnc1)N(C/C=C/c1ccccc1)CCO. The molecule has 0 aliphatic carbocycles. The van der Waals surface area contributed by atoms with Gasteiger partial charge in [-0.2, -0.15) is 0 Å². The van der Waals surface area contributed by atoms with E-state index in [4.69, 9.17) is 9.84 Å². The van der Waals surface area contributed by atoms with E-state index in [2.05, 4.69) is 4.98 Å². The predicted octanol–water partition coefficient (Wildman–Crippen LogP) is 1.99. The molecule has 0 aliphatic rings. The monoisotopic (exact) mass is 312 g/mol. The minimum atomic E-state index is -0.180. The van der Waals surface area contributed by atoms with Crippen molar-refractivity contribution in [3.63, 3.8) is 0 Å². The summed E-state index contributed by atoms with van der Waals surface area (Å²) in [6.07, 6.45) is 7.03. The van der Waals surface area contributed by atoms with E-state index in [1.165, 1.54) is 0 Å². The van der Waals surface area contributed by atoms with Crippen LogP contribution in [0.15, 0.2) is 60.9 Å². The highest BCUT2D eigenvalue weighted by Gasteiger charge is 2.12. The fourth-order valence-corrected chi connectivity index (χ4v) is 1.99. The smallest absolute Gasteiger partial charge is 0.260 e. The molecule has 0 aliphatic heterocycles. The quantitative estimate of drug-likeness (QED) is 0.810. The number of ether oxygens (including phenoxy) is 1. The molecule has 5 heteroatoms. The van der Waals surface area contributed by atoms with Crippen LogP contribution in [0, 0.1) is 0 Å². The van der Waals surface area contributed by atoms with Gasteiger partial charge in [0.1, 0.15) is 5.75 Å². The summed E-state index contributed by atoms with van der Waals surface area (Å²) in [4.78, 5) is 17.7. The average molecular weight is 312 g/mol. The van der Waals surface area contributed by atoms with Gasteiger partial charge in [-0.25, -0.2) is 0 Å². The first-order valence-electron chi connectivity index (χ1n) is 7.42. The van der Waals surface area contributed by atoms with E-state index in [-0.39, 0.29) is 25.7 Å². The van der Waals surface area contributed by atoms with Crippen molar-refractivity contribution < 1.29 is 14.6 Å². The normalized spacial score (nSPS) is 10.7. The number of hydrogen-bond acceptors (Lipinski definition) is 4. The van der Waals surface area contributed by atoms with Crippen molar-refractivity contribution in [1.29, 1.82) is 0 Å². The third-order valence-corrected chi connectivity index (χ3v) is 3.16. The average Bonchev–Trinajstić information content (AvgIpc) is 2.61. The van der Waals surface area contributed by atoms with Gasteiger partial charge in [-0.15, -0.1) is 0 Å². The molecule has 1 aromatic heterocycles. The van der Waals surface area contributed by atoms with Gasteiger partial charge in [-0.3, -0.25) is 9.78 Å². The molecule has 0 bridgehead atoms. The van der Waals surface area contributed by atoms with Crippen LogP contribution in [0.4, 0.5) is 0 Å². The number of benzene rings is 1. The molecule has 0 fully saturated rings. The molecular formula is C18H20N2O3. The van der Waals surface area contributed by atoms with Gasteiger partial charge in [-0.05, 0) is 17.7 Å². The molecule has 5 nitrogen and oxygen atoms in total. The number of carbonyl (C=O) groups excluding carboxylic acids is 1. The van der Waals surface area contributed by atoms with Crippen molar-refractivity contribution >= 4 is 12.0 Å². The lowest BCUT2D eigenvalue weighted by atomic mass is 10.2. The summed E-state index contributed by atoms with van der Waals surface area (Å²) in [6, 6.07) is 13.3. The van der Waals surface area contributed by atoms with E-state index in [0.29, 0.717) is 12.3 Å². The fourth-order valence-electron chi connectivity index (χ4n) is 1.99. The van der Waals surface area contributed by atoms with Crippen LogP contribution in [0.25, 0.3) is 6.08 Å². The number of amides is 1. The molecule has 23 heavy (non-hydrogen) atoms. The highest BCUT2D eigenvalue weighted by Crippen LogP contribution is 2.06. The molecule has 2 rings (SSSR count). The highest BCUT2D eigenvalue weighted by molar-refractivity contribution is 5.78. The third-order valence-electron chi connectivity index (χ3n) is 3.16. The van der Waals surface area contributed by atoms with Crippen molar-refractivity contribution in [3.05, 3.63) is 66.5 Å². The van der Waals surface area contributed by atoms with Crippen LogP contribution >= 0.6 is 0 Å². The Labute approximate surface area is 135 Å². The maximum absolute atomic E-state index is 12.2. The zero-order chi connectivity index (χ0) is 16.3. The van der Waals surface area contributed by atoms with Gasteiger partial charge in [0.2, 0.25) is 0 Å². The largest absolute Gasteiger partial charge is 0.482 e. The number of aromatic nitrogens is 1. The molecular weight excluding hydrogens is 292 g/mol. The summed E-state index contributed by atoms with van der Waals surface area (Å²) in [5.74, 6) is 0.366. The molecule has 1 aromatic carbocycles. The number of pyridine rings is 1. The summed E-state index contributed by atoms with van der Waals surface area (Å²) >= 11 is 0. The Morgan fingerprint density at radius 3 is 2.74 bits per heavy atom. The molecule has 1 N–H and O–H groups in total. The molecule has 2 aromatic rings. The Bertz CT molecular complexity index is 615. The van der Waals surface area contributed by atoms with E-state index >= 15 is 0 Å². The molecule has 1 heterocycles. The second kappa shape index (κ2) is 9.38. The first-order valence-corrected chi connectivity index (χ1v) is 7.42. The van der Waals surface area contributed by atoms with Gasteiger partial charge in [0.15, 0.2) is 6.61 Å². The maximum atomic E-state index is 12.2. The number of carbonyl (C=O) groups is 1. The van der Waals surface area contributed by atoms with Crippen molar-refractivity contribution in [2.75, 3.05) is 26.3 Å². The zero-order valence-corrected chi connectivity index (χ0v) is 12.8. The van der Waals surface area contributed by atoms with Gasteiger partial charge in [0.05, 0.1) is 12.8 Å². The Balaban J connectivity index is 1.86. The summed E-state index contributed by atoms with van der Waals surface area (Å²) in [6.45, 7) is 0.529.